The van der Waals surface area contributed by atoms with E-state index in [1.165, 1.54) is 63.7 Å². The summed E-state index contributed by atoms with van der Waals surface area (Å²) >= 11 is 5.46. The van der Waals surface area contributed by atoms with Crippen LogP contribution in [-0.2, 0) is 14.8 Å². The standard InChI is InChI=1S/C24H26N8O3S2.C24H25N7O3S.C23H23N7O2S.C21H25N7O3S/c1-30(2)37(34,35)19-5-3-18(4-6-19)32-15-17(13-27-32)24-29-21(16-36-24)23(33)28-20-14-26-8-7-22(20)31-11-9-25-10-12-31;1-33-21-4-3-16(13-22(21)34-2)31-10-6-17(29-31)24-28-19(15-35-24)23(32)27-18-14-26-7-5-20(18)30-11-8-25-9-12-30;1-32-21-5-3-2-4-20(21)30-11-7-16(28-30)23-27-18(15-33-23)22(31)26-17-14-25-8-6-19(17)29-12-9-24-10-13-29;1-21(2,3)31-20(30)28-10-8-27(9-11-28)17-5-6-22-12-15(17)24-18(29)16-13-32-19(25-16)14-4-7-23-26-14/h3-8,13-16,25H,9-12H2,1-2H3,(H,28,33);3-7,10,13-15,25H,8-9,11-12H2,1-2H3,(H,27,32);2-8,11,14-15,24H,9-10,12-13H2,1H3,(H,26,31);4-7,12-13H,8-11H2,1-3H3,(H,23,26)(H,24,29). The lowest BCUT2D eigenvalue weighted by Gasteiger charge is -2.37. The number of benzene rings is 3. The Hall–Kier alpha value is -14.8. The van der Waals surface area contributed by atoms with Crippen molar-refractivity contribution in [1.29, 1.82) is 0 Å². The predicted molar refractivity (Wildman–Crippen MR) is 528 cm³/mol. The van der Waals surface area contributed by atoms with Crippen LogP contribution in [0.25, 0.3) is 59.7 Å². The maximum Gasteiger partial charge on any atom is 0.410 e. The number of thiazole rings is 4. The summed E-state index contributed by atoms with van der Waals surface area (Å²) in [6.07, 6.45) is 22.0. The van der Waals surface area contributed by atoms with E-state index < -0.39 is 15.6 Å². The zero-order chi connectivity index (χ0) is 95.5. The second kappa shape index (κ2) is 44.1. The molecule has 0 atom stereocenters. The fraction of sp³-hybridized carbons (Fsp3) is 0.272. The van der Waals surface area contributed by atoms with E-state index in [0.29, 0.717) is 120 Å². The van der Waals surface area contributed by atoms with Gasteiger partial charge in [-0.1, -0.05) is 12.1 Å². The largest absolute Gasteiger partial charge is 0.494 e. The maximum absolute atomic E-state index is 13.0. The van der Waals surface area contributed by atoms with Crippen molar-refractivity contribution in [3.63, 3.8) is 0 Å². The topological polar surface area (TPSA) is 445 Å². The minimum Gasteiger partial charge on any atom is -0.494 e. The SMILES string of the molecule is CC(C)(C)OC(=O)N1CCN(c2ccncc2NC(=O)c2csc(-c3ccn[nH]3)n2)CC1.CN(C)S(=O)(=O)c1ccc(-n2cc(-c3nc(C(=O)Nc4cnccc4N4CCNCC4)cs3)cn2)cc1.COc1ccc(-n2ccc(-c3nc(C(=O)Nc4cnccc4N4CCNCC4)cs3)n2)cc1OC.COc1ccccc1-n1ccc(-c2nc(C(=O)Nc3cnccc3N3CCNCC3)cs2)n1. The van der Waals surface area contributed by atoms with Gasteiger partial charge in [0.25, 0.3) is 23.6 Å². The van der Waals surface area contributed by atoms with Gasteiger partial charge < -0.3 is 80.7 Å². The molecule has 4 aliphatic heterocycles. The van der Waals surface area contributed by atoms with Gasteiger partial charge in [-0.05, 0) is 112 Å². The lowest BCUT2D eigenvalue weighted by atomic mass is 10.2. The zero-order valence-electron chi connectivity index (χ0n) is 75.9. The van der Waals surface area contributed by atoms with Crippen molar-refractivity contribution in [3.05, 3.63) is 234 Å². The van der Waals surface area contributed by atoms with Gasteiger partial charge >= 0.3 is 6.09 Å². The quantitative estimate of drug-likeness (QED) is 0.0278. The molecule has 0 unspecified atom stereocenters. The molecule has 708 valence electrons. The van der Waals surface area contributed by atoms with Crippen molar-refractivity contribution in [2.45, 2.75) is 31.3 Å². The highest BCUT2D eigenvalue weighted by atomic mass is 32.2. The van der Waals surface area contributed by atoms with E-state index in [0.717, 1.165) is 130 Å². The molecule has 0 spiro atoms. The fourth-order valence-corrected chi connectivity index (χ4v) is 18.8. The van der Waals surface area contributed by atoms with Gasteiger partial charge in [0.15, 0.2) is 11.5 Å². The summed E-state index contributed by atoms with van der Waals surface area (Å²) in [4.78, 5) is 109. The number of carbonyl (C=O) groups excluding carboxylic acids is 5. The highest BCUT2D eigenvalue weighted by Gasteiger charge is 2.30. The number of pyridine rings is 4. The number of nitrogens with zero attached hydrogens (tertiary/aromatic N) is 21. The van der Waals surface area contributed by atoms with Gasteiger partial charge in [-0.15, -0.1) is 45.3 Å². The average molecular weight is 1950 g/mol. The van der Waals surface area contributed by atoms with Crippen LogP contribution in [0.4, 0.5) is 50.3 Å². The van der Waals surface area contributed by atoms with Crippen LogP contribution in [0.5, 0.6) is 17.2 Å². The van der Waals surface area contributed by atoms with Crippen molar-refractivity contribution in [2.24, 2.45) is 0 Å². The van der Waals surface area contributed by atoms with E-state index in [4.69, 9.17) is 18.9 Å². The number of H-pyrrole nitrogens is 1. The average Bonchev–Trinajstić information content (AvgIpc) is 1.72. The number of carbonyl (C=O) groups is 5. The van der Waals surface area contributed by atoms with E-state index in [9.17, 15) is 32.4 Å². The van der Waals surface area contributed by atoms with Crippen LogP contribution in [0.15, 0.2) is 216 Å². The van der Waals surface area contributed by atoms with Crippen molar-refractivity contribution < 1.29 is 51.3 Å². The van der Waals surface area contributed by atoms with Gasteiger partial charge in [-0.3, -0.25) is 44.2 Å². The molecule has 4 fully saturated rings. The van der Waals surface area contributed by atoms with Crippen LogP contribution in [0.3, 0.4) is 0 Å². The number of amides is 5. The van der Waals surface area contributed by atoms with E-state index >= 15 is 0 Å². The van der Waals surface area contributed by atoms with Crippen LogP contribution in [0.1, 0.15) is 62.7 Å². The summed E-state index contributed by atoms with van der Waals surface area (Å²) in [5, 5.41) is 51.8. The minimum absolute atomic E-state index is 0.206. The Labute approximate surface area is 804 Å². The summed E-state index contributed by atoms with van der Waals surface area (Å²) in [6, 6.07) is 32.9. The molecule has 16 heterocycles. The number of anilines is 8. The van der Waals surface area contributed by atoms with Gasteiger partial charge in [0, 0.05) is 202 Å². The predicted octanol–water partition coefficient (Wildman–Crippen LogP) is 11.7. The number of hydrogen-bond acceptors (Lipinski definition) is 34. The third kappa shape index (κ3) is 23.6. The molecule has 4 aliphatic rings. The number of ether oxygens (including phenoxy) is 4. The molecular formula is C92H99N29O11S5. The van der Waals surface area contributed by atoms with Crippen LogP contribution >= 0.6 is 45.3 Å². The van der Waals surface area contributed by atoms with Crippen LogP contribution in [0, 0.1) is 0 Å². The molecule has 0 bridgehead atoms. The molecule has 0 aliphatic carbocycles. The number of methoxy groups -OCH3 is 3. The monoisotopic (exact) mass is 1950 g/mol. The maximum atomic E-state index is 13.0. The molecule has 19 rings (SSSR count). The molecular weight excluding hydrogens is 1850 g/mol. The van der Waals surface area contributed by atoms with E-state index in [1.54, 1.807) is 160 Å². The van der Waals surface area contributed by atoms with Gasteiger partial charge in [0.1, 0.15) is 71.2 Å². The minimum atomic E-state index is -3.50. The highest BCUT2D eigenvalue weighted by Crippen LogP contribution is 2.36. The Kier molecular flexibility index (Phi) is 30.7. The summed E-state index contributed by atoms with van der Waals surface area (Å²) < 4.78 is 52.4. The highest BCUT2D eigenvalue weighted by molar-refractivity contribution is 7.89. The first-order valence-corrected chi connectivity index (χ1v) is 48.5. The lowest BCUT2D eigenvalue weighted by molar-refractivity contribution is 0.0240. The molecule has 5 amide bonds. The van der Waals surface area contributed by atoms with E-state index in [-0.39, 0.29) is 34.6 Å². The number of rotatable bonds is 24. The first-order chi connectivity index (χ1) is 66.5. The molecule has 45 heteroatoms. The molecule has 0 radical (unpaired) electrons. The first kappa shape index (κ1) is 95.3. The second-order valence-electron chi connectivity index (χ2n) is 32.1. The third-order valence-corrected chi connectivity index (χ3v) is 27.1. The van der Waals surface area contributed by atoms with Gasteiger partial charge in [-0.2, -0.15) is 20.4 Å². The first-order valence-electron chi connectivity index (χ1n) is 43.5. The second-order valence-corrected chi connectivity index (χ2v) is 37.7. The number of aromatic nitrogens is 16. The molecule has 12 aromatic heterocycles. The van der Waals surface area contributed by atoms with Crippen molar-refractivity contribution in [1.82, 2.24) is 105 Å². The Balaban J connectivity index is 0.000000132. The third-order valence-electron chi connectivity index (χ3n) is 21.8. The number of sulfonamides is 1. The summed E-state index contributed by atoms with van der Waals surface area (Å²) in [5.74, 6) is 0.815. The molecule has 8 N–H and O–H groups in total. The Morgan fingerprint density at radius 2 is 0.854 bits per heavy atom. The Bertz CT molecular complexity index is 6780. The normalized spacial score (nSPS) is 13.9. The van der Waals surface area contributed by atoms with E-state index in [2.05, 4.69) is 122 Å². The number of nitrogens with one attached hydrogen (secondary N) is 8. The van der Waals surface area contributed by atoms with Crippen molar-refractivity contribution in [2.75, 3.05) is 181 Å². The van der Waals surface area contributed by atoms with Gasteiger partial charge in [-0.25, -0.2) is 51.5 Å². The number of aromatic amines is 1. The summed E-state index contributed by atoms with van der Waals surface area (Å²) in [6.45, 7) is 18.5. The fourth-order valence-electron chi connectivity index (χ4n) is 14.8. The lowest BCUT2D eigenvalue weighted by Crippen LogP contribution is -2.50. The number of piperazine rings is 4. The van der Waals surface area contributed by atoms with E-state index in [1.807, 2.05) is 112 Å². The summed E-state index contributed by atoms with van der Waals surface area (Å²) in [5.41, 5.74) is 12.3. The molecule has 137 heavy (non-hydrogen) atoms. The molecule has 0 saturated carbocycles. The molecule has 4 saturated heterocycles. The van der Waals surface area contributed by atoms with Crippen LogP contribution < -0.4 is 71.0 Å². The van der Waals surface area contributed by atoms with Crippen LogP contribution in [0.2, 0.25) is 0 Å². The number of para-hydroxylation sites is 2. The molecule has 15 aromatic rings. The molecule has 40 nitrogen and oxygen atoms in total. The summed E-state index contributed by atoms with van der Waals surface area (Å²) in [7, 11) is 4.31. The molecule has 3 aromatic carbocycles. The van der Waals surface area contributed by atoms with Gasteiger partial charge in [0.05, 0.1) is 120 Å². The Morgan fingerprint density at radius 3 is 1.31 bits per heavy atom. The zero-order valence-corrected chi connectivity index (χ0v) is 80.0. The number of hydrogen-bond donors (Lipinski definition) is 8. The van der Waals surface area contributed by atoms with Crippen molar-refractivity contribution in [3.8, 4) is 77.0 Å². The van der Waals surface area contributed by atoms with Gasteiger partial charge in [0.2, 0.25) is 10.0 Å². The Morgan fingerprint density at radius 1 is 0.431 bits per heavy atom. The van der Waals surface area contributed by atoms with Crippen LogP contribution in [-0.4, -0.2) is 272 Å². The smallest absolute Gasteiger partial charge is 0.410 e. The van der Waals surface area contributed by atoms with Crippen molar-refractivity contribution >= 4 is 131 Å².